The normalized spacial score (nSPS) is 34.4. The van der Waals surface area contributed by atoms with Crippen LogP contribution in [0.5, 0.6) is 0 Å². The molecular formula is C13H15N6O+. The number of fused-ring (bicyclic) bond motifs is 1. The van der Waals surface area contributed by atoms with Crippen molar-refractivity contribution >= 4 is 23.8 Å². The van der Waals surface area contributed by atoms with Gasteiger partial charge in [0.1, 0.15) is 19.0 Å². The van der Waals surface area contributed by atoms with Crippen molar-refractivity contribution in [3.8, 4) is 0 Å². The lowest BCUT2D eigenvalue weighted by molar-refractivity contribution is -0.118. The molecule has 1 amide bonds. The van der Waals surface area contributed by atoms with Gasteiger partial charge in [0, 0.05) is 18.5 Å². The van der Waals surface area contributed by atoms with E-state index in [1.807, 2.05) is 19.2 Å². The van der Waals surface area contributed by atoms with Crippen molar-refractivity contribution in [2.45, 2.75) is 6.42 Å². The maximum absolute atomic E-state index is 12.0. The van der Waals surface area contributed by atoms with E-state index >= 15 is 0 Å². The van der Waals surface area contributed by atoms with Crippen LogP contribution in [0.2, 0.25) is 0 Å². The number of piperidine rings is 1. The van der Waals surface area contributed by atoms with E-state index in [-0.39, 0.29) is 16.4 Å². The largest absolute Gasteiger partial charge is 0.393 e. The first-order valence-electron chi connectivity index (χ1n) is 6.63. The van der Waals surface area contributed by atoms with Crippen LogP contribution in [0, 0.1) is 11.8 Å². The van der Waals surface area contributed by atoms with Crippen LogP contribution >= 0.6 is 0 Å². The average Bonchev–Trinajstić information content (AvgIpc) is 3.03. The summed E-state index contributed by atoms with van der Waals surface area (Å²) < 4.78 is 0.151. The summed E-state index contributed by atoms with van der Waals surface area (Å²) >= 11 is 0. The first-order valence-corrected chi connectivity index (χ1v) is 6.63. The summed E-state index contributed by atoms with van der Waals surface area (Å²) in [7, 11) is 1.87. The summed E-state index contributed by atoms with van der Waals surface area (Å²) in [5.74, 6) is 2.23. The molecule has 1 saturated heterocycles. The lowest BCUT2D eigenvalue weighted by atomic mass is 10.4. The zero-order valence-electron chi connectivity index (χ0n) is 11.1. The number of allylic oxidation sites excluding steroid dienone is 1. The van der Waals surface area contributed by atoms with E-state index in [1.54, 1.807) is 17.3 Å². The summed E-state index contributed by atoms with van der Waals surface area (Å²) in [6, 6.07) is 3.67. The Labute approximate surface area is 116 Å². The molecule has 7 heteroatoms. The van der Waals surface area contributed by atoms with E-state index < -0.39 is 0 Å². The Morgan fingerprint density at radius 2 is 2.25 bits per heavy atom. The fraction of sp³-hybridized carbons (Fsp3) is 0.385. The van der Waals surface area contributed by atoms with E-state index in [0.717, 1.165) is 13.0 Å². The lowest BCUT2D eigenvalue weighted by Crippen LogP contribution is -2.33. The number of anilines is 1. The zero-order chi connectivity index (χ0) is 13.9. The Hall–Kier alpha value is -2.28. The Balaban J connectivity index is 1.61. The zero-order valence-corrected chi connectivity index (χ0v) is 11.1. The van der Waals surface area contributed by atoms with Gasteiger partial charge in [-0.2, -0.15) is 0 Å². The fourth-order valence-corrected chi connectivity index (χ4v) is 2.86. The molecule has 1 aromatic rings. The van der Waals surface area contributed by atoms with Crippen molar-refractivity contribution < 1.29 is 4.79 Å². The van der Waals surface area contributed by atoms with Gasteiger partial charge in [0.15, 0.2) is 12.0 Å². The molecule has 0 spiro atoms. The Kier molecular flexibility index (Phi) is 2.10. The molecule has 0 bridgehead atoms. The summed E-state index contributed by atoms with van der Waals surface area (Å²) in [6.07, 6.45) is 4.43. The second kappa shape index (κ2) is 3.63. The molecule has 0 aromatic carbocycles. The van der Waals surface area contributed by atoms with E-state index in [1.165, 1.54) is 0 Å². The SMILES string of the molecule is C[N+]1(c2ccc(N3CC4CC4C3=O)nn2)C=C(N)C=N1. The molecule has 3 unspecified atom stereocenters. The van der Waals surface area contributed by atoms with Gasteiger partial charge in [-0.05, 0) is 18.4 Å². The van der Waals surface area contributed by atoms with Crippen LogP contribution in [0.4, 0.5) is 11.6 Å². The number of hydrogen-bond donors (Lipinski definition) is 1. The molecule has 1 aromatic heterocycles. The van der Waals surface area contributed by atoms with Crippen LogP contribution in [-0.2, 0) is 4.79 Å². The predicted molar refractivity (Wildman–Crippen MR) is 74.5 cm³/mol. The molecule has 0 radical (unpaired) electrons. The standard InChI is InChI=1S/C13H15N6O/c1-19(7-9(14)5-15-19)12-3-2-11(16-17-12)18-6-8-4-10(8)13(18)20/h2-3,5,7-8,10H,4,6,14H2,1H3/q+1. The van der Waals surface area contributed by atoms with Crippen molar-refractivity contribution in [1.82, 2.24) is 14.8 Å². The molecule has 4 rings (SSSR count). The smallest absolute Gasteiger partial charge is 0.278 e. The number of amides is 1. The summed E-state index contributed by atoms with van der Waals surface area (Å²) in [4.78, 5) is 13.7. The van der Waals surface area contributed by atoms with Gasteiger partial charge in [0.05, 0.1) is 0 Å². The molecule has 102 valence electrons. The lowest BCUT2D eigenvalue weighted by Gasteiger charge is -2.19. The minimum absolute atomic E-state index is 0.151. The number of nitrogens with two attached hydrogens (primary N) is 1. The molecule has 7 nitrogen and oxygen atoms in total. The van der Waals surface area contributed by atoms with Crippen molar-refractivity contribution in [3.05, 3.63) is 24.0 Å². The third-order valence-corrected chi connectivity index (χ3v) is 4.15. The second-order valence-corrected chi connectivity index (χ2v) is 5.70. The van der Waals surface area contributed by atoms with E-state index in [0.29, 0.717) is 23.3 Å². The average molecular weight is 271 g/mol. The predicted octanol–water partition coefficient (Wildman–Crippen LogP) is 0.196. The molecule has 1 aliphatic carbocycles. The Bertz CT molecular complexity index is 651. The topological polar surface area (TPSA) is 84.5 Å². The number of hydrogen-bond acceptors (Lipinski definition) is 5. The highest BCUT2D eigenvalue weighted by molar-refractivity contribution is 5.99. The maximum atomic E-state index is 12.0. The first kappa shape index (κ1) is 11.5. The fourth-order valence-electron chi connectivity index (χ4n) is 2.86. The van der Waals surface area contributed by atoms with Crippen molar-refractivity contribution in [3.63, 3.8) is 0 Å². The first-order chi connectivity index (χ1) is 9.57. The monoisotopic (exact) mass is 271 g/mol. The molecule has 2 N–H and O–H groups in total. The minimum atomic E-state index is 0.151. The number of carbonyl (C=O) groups excluding carboxylic acids is 1. The van der Waals surface area contributed by atoms with Crippen LogP contribution in [-0.4, -0.2) is 35.9 Å². The molecule has 3 atom stereocenters. The minimum Gasteiger partial charge on any atom is -0.393 e. The van der Waals surface area contributed by atoms with E-state index in [9.17, 15) is 4.79 Å². The highest BCUT2D eigenvalue weighted by Gasteiger charge is 2.53. The molecule has 3 heterocycles. The highest BCUT2D eigenvalue weighted by Crippen LogP contribution is 2.46. The number of quaternary nitrogens is 1. The van der Waals surface area contributed by atoms with Crippen LogP contribution in [0.15, 0.2) is 29.1 Å². The quantitative estimate of drug-likeness (QED) is 0.778. The number of carbonyl (C=O) groups is 1. The third-order valence-electron chi connectivity index (χ3n) is 4.15. The van der Waals surface area contributed by atoms with Gasteiger partial charge in [-0.1, -0.05) is 10.2 Å². The number of rotatable bonds is 2. The van der Waals surface area contributed by atoms with Crippen LogP contribution in [0.3, 0.4) is 0 Å². The van der Waals surface area contributed by atoms with Crippen LogP contribution in [0.1, 0.15) is 6.42 Å². The van der Waals surface area contributed by atoms with Crippen LogP contribution in [0.25, 0.3) is 0 Å². The van der Waals surface area contributed by atoms with Crippen molar-refractivity contribution in [1.29, 1.82) is 0 Å². The summed E-state index contributed by atoms with van der Waals surface area (Å²) in [5, 5.41) is 12.7. The number of aromatic nitrogens is 2. The molecule has 2 aliphatic heterocycles. The molecule has 20 heavy (non-hydrogen) atoms. The summed E-state index contributed by atoms with van der Waals surface area (Å²) in [5.41, 5.74) is 6.32. The van der Waals surface area contributed by atoms with Gasteiger partial charge in [-0.25, -0.2) is 0 Å². The van der Waals surface area contributed by atoms with Crippen molar-refractivity contribution in [2.24, 2.45) is 22.7 Å². The Morgan fingerprint density at radius 3 is 2.80 bits per heavy atom. The van der Waals surface area contributed by atoms with Gasteiger partial charge in [0.2, 0.25) is 5.91 Å². The Morgan fingerprint density at radius 1 is 1.40 bits per heavy atom. The molecule has 3 aliphatic rings. The number of nitrogens with zero attached hydrogens (tertiary/aromatic N) is 5. The van der Waals surface area contributed by atoms with Gasteiger partial charge in [0.25, 0.3) is 5.82 Å². The van der Waals surface area contributed by atoms with Gasteiger partial charge in [-0.15, -0.1) is 9.69 Å². The van der Waals surface area contributed by atoms with E-state index in [2.05, 4.69) is 15.3 Å². The second-order valence-electron chi connectivity index (χ2n) is 5.70. The summed E-state index contributed by atoms with van der Waals surface area (Å²) in [6.45, 7) is 0.772. The third kappa shape index (κ3) is 1.56. The van der Waals surface area contributed by atoms with Gasteiger partial charge < -0.3 is 5.73 Å². The molecule has 1 saturated carbocycles. The van der Waals surface area contributed by atoms with Crippen molar-refractivity contribution in [2.75, 3.05) is 18.5 Å². The molecular weight excluding hydrogens is 256 g/mol. The maximum Gasteiger partial charge on any atom is 0.278 e. The van der Waals surface area contributed by atoms with Gasteiger partial charge >= 0.3 is 0 Å². The van der Waals surface area contributed by atoms with E-state index in [4.69, 9.17) is 5.73 Å². The van der Waals surface area contributed by atoms with Gasteiger partial charge in [-0.3, -0.25) is 9.69 Å². The highest BCUT2D eigenvalue weighted by atomic mass is 16.2. The van der Waals surface area contributed by atoms with Crippen LogP contribution < -0.4 is 15.2 Å². The molecule has 2 fully saturated rings.